The molecule has 5 nitrogen and oxygen atoms in total. The Kier molecular flexibility index (Phi) is 4.20. The third-order valence-corrected chi connectivity index (χ3v) is 6.43. The van der Waals surface area contributed by atoms with Gasteiger partial charge in [-0.25, -0.2) is 13.4 Å². The van der Waals surface area contributed by atoms with E-state index >= 15 is 0 Å². The summed E-state index contributed by atoms with van der Waals surface area (Å²) in [7, 11) is -1.67. The maximum Gasteiger partial charge on any atom is 0.240 e. The van der Waals surface area contributed by atoms with Crippen molar-refractivity contribution in [2.75, 3.05) is 13.3 Å². The first-order valence-corrected chi connectivity index (χ1v) is 9.40. The fourth-order valence-corrected chi connectivity index (χ4v) is 4.20. The van der Waals surface area contributed by atoms with E-state index in [4.69, 9.17) is 0 Å². The summed E-state index contributed by atoms with van der Waals surface area (Å²) in [6, 6.07) is -0.0401. The minimum atomic E-state index is -3.36. The molecule has 0 N–H and O–H groups in total. The monoisotopic (exact) mass is 316 g/mol. The van der Waals surface area contributed by atoms with E-state index in [1.165, 1.54) is 6.92 Å². The largest absolute Gasteiger partial charge is 0.337 e. The fraction of sp³-hybridized carbons (Fsp3) is 0.692. The van der Waals surface area contributed by atoms with E-state index in [1.807, 2.05) is 6.92 Å². The molecule has 1 amide bonds. The van der Waals surface area contributed by atoms with Gasteiger partial charge in [-0.1, -0.05) is 0 Å². The summed E-state index contributed by atoms with van der Waals surface area (Å²) in [6.45, 7) is 3.41. The van der Waals surface area contributed by atoms with Crippen LogP contribution < -0.4 is 0 Å². The number of fused-ring (bicyclic) bond motifs is 1. The number of carbonyl (C=O) groups excluding carboxylic acids is 1. The maximum absolute atomic E-state index is 12.3. The third-order valence-electron chi connectivity index (χ3n) is 3.83. The standard InChI is InChI=1S/C13H20N2O3S2/c1-8(20(4,17)18)13(16)15(3)11-7-5-6-10-12(11)19-9(2)14-10/h8,11H,5-7H2,1-4H3/t8-,11+/m1/s1. The normalized spacial score (nSPS) is 20.3. The first kappa shape index (κ1) is 15.4. The van der Waals surface area contributed by atoms with Crippen molar-refractivity contribution in [3.05, 3.63) is 15.6 Å². The van der Waals surface area contributed by atoms with Crippen LogP contribution in [0.15, 0.2) is 0 Å². The van der Waals surface area contributed by atoms with Crippen LogP contribution in [0.4, 0.5) is 0 Å². The van der Waals surface area contributed by atoms with E-state index in [0.717, 1.165) is 41.1 Å². The van der Waals surface area contributed by atoms with Gasteiger partial charge in [0, 0.05) is 13.3 Å². The van der Waals surface area contributed by atoms with Gasteiger partial charge < -0.3 is 4.90 Å². The second-order valence-corrected chi connectivity index (χ2v) is 8.97. The molecule has 0 spiro atoms. The van der Waals surface area contributed by atoms with Crippen molar-refractivity contribution < 1.29 is 13.2 Å². The fourth-order valence-electron chi connectivity index (χ4n) is 2.51. The number of sulfone groups is 1. The molecule has 1 aromatic heterocycles. The lowest BCUT2D eigenvalue weighted by Crippen LogP contribution is -2.41. The van der Waals surface area contributed by atoms with Gasteiger partial charge in [-0.3, -0.25) is 4.79 Å². The van der Waals surface area contributed by atoms with Crippen LogP contribution in [-0.2, 0) is 21.1 Å². The predicted octanol–water partition coefficient (Wildman–Crippen LogP) is 1.72. The van der Waals surface area contributed by atoms with Gasteiger partial charge in [0.15, 0.2) is 9.84 Å². The number of thiazole rings is 1. The molecule has 1 aromatic rings. The van der Waals surface area contributed by atoms with Gasteiger partial charge in [0.05, 0.1) is 21.6 Å². The van der Waals surface area contributed by atoms with Gasteiger partial charge >= 0.3 is 0 Å². The van der Waals surface area contributed by atoms with Crippen molar-refractivity contribution in [2.24, 2.45) is 0 Å². The quantitative estimate of drug-likeness (QED) is 0.851. The van der Waals surface area contributed by atoms with Crippen LogP contribution in [-0.4, -0.2) is 42.8 Å². The SMILES string of the molecule is Cc1nc2c(s1)[C@@H](N(C)C(=O)[C@@H](C)S(C)(=O)=O)CCC2. The molecule has 2 atom stereocenters. The molecule has 0 fully saturated rings. The van der Waals surface area contributed by atoms with Crippen LogP contribution in [0.2, 0.25) is 0 Å². The van der Waals surface area contributed by atoms with Crippen molar-refractivity contribution in [2.45, 2.75) is 44.4 Å². The van der Waals surface area contributed by atoms with E-state index < -0.39 is 15.1 Å². The minimum absolute atomic E-state index is 0.0401. The molecule has 1 aliphatic rings. The van der Waals surface area contributed by atoms with Crippen molar-refractivity contribution in [3.8, 4) is 0 Å². The molecule has 1 aliphatic carbocycles. The van der Waals surface area contributed by atoms with Crippen LogP contribution in [0, 0.1) is 6.92 Å². The highest BCUT2D eigenvalue weighted by molar-refractivity contribution is 7.92. The molecule has 0 aliphatic heterocycles. The number of amides is 1. The van der Waals surface area contributed by atoms with E-state index in [-0.39, 0.29) is 11.9 Å². The zero-order valence-electron chi connectivity index (χ0n) is 12.2. The smallest absolute Gasteiger partial charge is 0.240 e. The van der Waals surface area contributed by atoms with E-state index in [1.54, 1.807) is 23.3 Å². The summed E-state index contributed by atoms with van der Waals surface area (Å²) in [5, 5.41) is 0.00538. The summed E-state index contributed by atoms with van der Waals surface area (Å²) < 4.78 is 23.1. The molecule has 0 saturated carbocycles. The topological polar surface area (TPSA) is 67.3 Å². The van der Waals surface area contributed by atoms with Gasteiger partial charge in [0.1, 0.15) is 5.25 Å². The van der Waals surface area contributed by atoms with Crippen LogP contribution in [0.25, 0.3) is 0 Å². The van der Waals surface area contributed by atoms with Crippen molar-refractivity contribution in [1.29, 1.82) is 0 Å². The highest BCUT2D eigenvalue weighted by Gasteiger charge is 2.34. The Morgan fingerprint density at radius 3 is 2.75 bits per heavy atom. The molecule has 0 saturated heterocycles. The Balaban J connectivity index is 2.26. The summed E-state index contributed by atoms with van der Waals surface area (Å²) in [5.74, 6) is -0.337. The Morgan fingerprint density at radius 1 is 1.50 bits per heavy atom. The summed E-state index contributed by atoms with van der Waals surface area (Å²) in [5.41, 5.74) is 1.07. The van der Waals surface area contributed by atoms with Gasteiger partial charge in [-0.15, -0.1) is 11.3 Å². The van der Waals surface area contributed by atoms with E-state index in [2.05, 4.69) is 4.98 Å². The zero-order chi connectivity index (χ0) is 15.1. The Hall–Kier alpha value is -0.950. The molecule has 112 valence electrons. The van der Waals surface area contributed by atoms with Crippen LogP contribution in [0.1, 0.15) is 41.4 Å². The van der Waals surface area contributed by atoms with Gasteiger partial charge in [0.2, 0.25) is 5.91 Å². The molecule has 1 heterocycles. The minimum Gasteiger partial charge on any atom is -0.337 e. The zero-order valence-corrected chi connectivity index (χ0v) is 13.8. The second kappa shape index (κ2) is 5.44. The van der Waals surface area contributed by atoms with Crippen molar-refractivity contribution >= 4 is 27.1 Å². The maximum atomic E-state index is 12.3. The molecule has 2 rings (SSSR count). The van der Waals surface area contributed by atoms with Gasteiger partial charge in [-0.2, -0.15) is 0 Å². The summed E-state index contributed by atoms with van der Waals surface area (Å²) in [4.78, 5) is 19.5. The lowest BCUT2D eigenvalue weighted by Gasteiger charge is -2.32. The third kappa shape index (κ3) is 2.88. The number of nitrogens with zero attached hydrogens (tertiary/aromatic N) is 2. The average Bonchev–Trinajstić information content (AvgIpc) is 2.74. The summed E-state index contributed by atoms with van der Waals surface area (Å²) >= 11 is 1.61. The Morgan fingerprint density at radius 2 is 2.15 bits per heavy atom. The molecule has 7 heteroatoms. The Labute approximate surface area is 123 Å². The first-order valence-electron chi connectivity index (χ1n) is 6.63. The van der Waals surface area contributed by atoms with Crippen molar-refractivity contribution in [1.82, 2.24) is 9.88 Å². The molecule has 0 unspecified atom stereocenters. The number of hydrogen-bond donors (Lipinski definition) is 0. The van der Waals surface area contributed by atoms with Crippen LogP contribution >= 0.6 is 11.3 Å². The molecular weight excluding hydrogens is 296 g/mol. The average molecular weight is 316 g/mol. The summed E-state index contributed by atoms with van der Waals surface area (Å²) in [6.07, 6.45) is 3.89. The molecule has 0 aromatic carbocycles. The first-order chi connectivity index (χ1) is 9.21. The number of aromatic nitrogens is 1. The van der Waals surface area contributed by atoms with Gasteiger partial charge in [-0.05, 0) is 33.1 Å². The van der Waals surface area contributed by atoms with Crippen LogP contribution in [0.3, 0.4) is 0 Å². The van der Waals surface area contributed by atoms with Gasteiger partial charge in [0.25, 0.3) is 0 Å². The van der Waals surface area contributed by atoms with Crippen LogP contribution in [0.5, 0.6) is 0 Å². The highest BCUT2D eigenvalue weighted by atomic mass is 32.2. The molecule has 20 heavy (non-hydrogen) atoms. The number of carbonyl (C=O) groups is 1. The second-order valence-electron chi connectivity index (χ2n) is 5.37. The molecule has 0 bridgehead atoms. The molecular formula is C13H20N2O3S2. The lowest BCUT2D eigenvalue weighted by atomic mass is 9.97. The van der Waals surface area contributed by atoms with Crippen molar-refractivity contribution in [3.63, 3.8) is 0 Å². The van der Waals surface area contributed by atoms with E-state index in [9.17, 15) is 13.2 Å². The lowest BCUT2D eigenvalue weighted by molar-refractivity contribution is -0.131. The Bertz CT molecular complexity index is 622. The van der Waals surface area contributed by atoms with E-state index in [0.29, 0.717) is 0 Å². The molecule has 0 radical (unpaired) electrons. The number of rotatable bonds is 3. The highest BCUT2D eigenvalue weighted by Crippen LogP contribution is 2.37. The number of hydrogen-bond acceptors (Lipinski definition) is 5. The number of aryl methyl sites for hydroxylation is 2. The predicted molar refractivity (Wildman–Crippen MR) is 79.6 cm³/mol.